The van der Waals surface area contributed by atoms with E-state index >= 15 is 0 Å². The van der Waals surface area contributed by atoms with Gasteiger partial charge in [-0.25, -0.2) is 0 Å². The lowest BCUT2D eigenvalue weighted by Crippen LogP contribution is -2.21. The van der Waals surface area contributed by atoms with E-state index in [2.05, 4.69) is 0 Å². The van der Waals surface area contributed by atoms with Gasteiger partial charge >= 0.3 is 6.18 Å². The zero-order chi connectivity index (χ0) is 15.5. The van der Waals surface area contributed by atoms with E-state index in [1.807, 2.05) is 30.3 Å². The number of hydrogen-bond donors (Lipinski definition) is 2. The fourth-order valence-corrected chi connectivity index (χ4v) is 1.80. The highest BCUT2D eigenvalue weighted by molar-refractivity contribution is 5.37. The summed E-state index contributed by atoms with van der Waals surface area (Å²) in [5.74, 6) is 0.0876. The molecule has 0 radical (unpaired) electrons. The van der Waals surface area contributed by atoms with E-state index in [1.54, 1.807) is 0 Å². The lowest BCUT2D eigenvalue weighted by atomic mass is 10.1. The van der Waals surface area contributed by atoms with E-state index in [4.69, 9.17) is 16.2 Å². The van der Waals surface area contributed by atoms with Crippen molar-refractivity contribution >= 4 is 0 Å². The molecule has 0 aliphatic heterocycles. The normalized spacial score (nSPS) is 11.7. The molecule has 0 atom stereocenters. The van der Waals surface area contributed by atoms with Crippen LogP contribution in [0.5, 0.6) is 5.75 Å². The Hall–Kier alpha value is -2.05. The average Bonchev–Trinajstić information content (AvgIpc) is 2.45. The van der Waals surface area contributed by atoms with Crippen LogP contribution in [0, 0.1) is 0 Å². The fourth-order valence-electron chi connectivity index (χ4n) is 1.80. The molecule has 3 nitrogen and oxygen atoms in total. The van der Waals surface area contributed by atoms with Crippen molar-refractivity contribution in [3.8, 4) is 5.75 Å². The second-order valence-electron chi connectivity index (χ2n) is 4.59. The fraction of sp³-hybridized carbons (Fsp3) is 0.200. The summed E-state index contributed by atoms with van der Waals surface area (Å²) in [6.45, 7) is 0.168. The molecular formula is C15H15F3N2O. The first-order valence-corrected chi connectivity index (χ1v) is 6.26. The van der Waals surface area contributed by atoms with Crippen molar-refractivity contribution in [2.75, 3.05) is 0 Å². The molecule has 0 saturated heterocycles. The number of hydrogen-bond acceptors (Lipinski definition) is 3. The van der Waals surface area contributed by atoms with Crippen LogP contribution in [-0.2, 0) is 12.8 Å². The quantitative estimate of drug-likeness (QED) is 0.852. The second-order valence-corrected chi connectivity index (χ2v) is 4.59. The van der Waals surface area contributed by atoms with Gasteiger partial charge in [-0.3, -0.25) is 0 Å². The highest BCUT2D eigenvalue weighted by Crippen LogP contribution is 2.33. The lowest BCUT2D eigenvalue weighted by molar-refractivity contribution is -0.137. The molecule has 0 aromatic heterocycles. The number of nitrogens with two attached hydrogens (primary N) is 2. The van der Waals surface area contributed by atoms with Crippen molar-refractivity contribution in [1.82, 2.24) is 0 Å². The minimum absolute atomic E-state index is 0.0876. The lowest BCUT2D eigenvalue weighted by Gasteiger charge is -2.15. The Labute approximate surface area is 120 Å². The maximum Gasteiger partial charge on any atom is 0.416 e. The molecule has 0 saturated carbocycles. The van der Waals surface area contributed by atoms with Gasteiger partial charge in [0.25, 0.3) is 0 Å². The van der Waals surface area contributed by atoms with E-state index in [0.717, 1.165) is 17.7 Å². The van der Waals surface area contributed by atoms with Gasteiger partial charge in [0, 0.05) is 0 Å². The van der Waals surface area contributed by atoms with Crippen molar-refractivity contribution in [2.45, 2.75) is 18.9 Å². The number of ether oxygens (including phenoxy) is 1. The molecule has 21 heavy (non-hydrogen) atoms. The van der Waals surface area contributed by atoms with Gasteiger partial charge in [-0.15, -0.1) is 0 Å². The monoisotopic (exact) mass is 296 g/mol. The van der Waals surface area contributed by atoms with Gasteiger partial charge < -0.3 is 16.2 Å². The molecule has 0 spiro atoms. The average molecular weight is 296 g/mol. The van der Waals surface area contributed by atoms with Crippen LogP contribution in [0.4, 0.5) is 13.2 Å². The summed E-state index contributed by atoms with van der Waals surface area (Å²) in [4.78, 5) is 0. The summed E-state index contributed by atoms with van der Waals surface area (Å²) in [6.07, 6.45) is -5.47. The Balaban J connectivity index is 2.24. The van der Waals surface area contributed by atoms with E-state index in [-0.39, 0.29) is 17.9 Å². The molecule has 0 heterocycles. The highest BCUT2D eigenvalue weighted by Gasteiger charge is 2.31. The van der Waals surface area contributed by atoms with Gasteiger partial charge in [-0.2, -0.15) is 13.2 Å². The molecule has 2 aromatic rings. The number of benzene rings is 2. The van der Waals surface area contributed by atoms with Crippen LogP contribution in [0.25, 0.3) is 0 Å². The third kappa shape index (κ3) is 4.21. The Kier molecular flexibility index (Phi) is 4.50. The summed E-state index contributed by atoms with van der Waals surface area (Å²) in [6, 6.07) is 12.4. The Morgan fingerprint density at radius 1 is 1.00 bits per heavy atom. The number of halogens is 3. The summed E-state index contributed by atoms with van der Waals surface area (Å²) in [5, 5.41) is 0. The molecule has 112 valence electrons. The van der Waals surface area contributed by atoms with Crippen LogP contribution in [0.15, 0.2) is 48.5 Å². The molecule has 2 aromatic carbocycles. The molecule has 2 rings (SSSR count). The zero-order valence-corrected chi connectivity index (χ0v) is 11.1. The van der Waals surface area contributed by atoms with Crippen LogP contribution < -0.4 is 16.2 Å². The molecule has 0 amide bonds. The summed E-state index contributed by atoms with van der Waals surface area (Å²) in [5.41, 5.74) is 11.1. The van der Waals surface area contributed by atoms with Gasteiger partial charge in [0.15, 0.2) is 0 Å². The first-order valence-electron chi connectivity index (χ1n) is 6.26. The number of rotatable bonds is 4. The standard InChI is InChI=1S/C15H15F3N2O/c16-15(17,18)12-6-11(14(19)20)7-13(8-12)21-9-10-4-2-1-3-5-10/h1-8,14H,9,19-20H2. The third-order valence-electron chi connectivity index (χ3n) is 2.89. The van der Waals surface area contributed by atoms with Crippen molar-refractivity contribution in [1.29, 1.82) is 0 Å². The maximum absolute atomic E-state index is 12.8. The van der Waals surface area contributed by atoms with Crippen molar-refractivity contribution in [3.63, 3.8) is 0 Å². The van der Waals surface area contributed by atoms with Crippen LogP contribution in [0.3, 0.4) is 0 Å². The van der Waals surface area contributed by atoms with Gasteiger partial charge in [0.05, 0.1) is 11.7 Å². The van der Waals surface area contributed by atoms with E-state index in [9.17, 15) is 13.2 Å². The predicted molar refractivity (Wildman–Crippen MR) is 73.3 cm³/mol. The smallest absolute Gasteiger partial charge is 0.416 e. The second kappa shape index (κ2) is 6.15. The van der Waals surface area contributed by atoms with E-state index in [1.165, 1.54) is 6.07 Å². The molecule has 0 fully saturated rings. The van der Waals surface area contributed by atoms with Gasteiger partial charge in [0.2, 0.25) is 0 Å². The molecule has 6 heteroatoms. The topological polar surface area (TPSA) is 61.3 Å². The third-order valence-corrected chi connectivity index (χ3v) is 2.89. The SMILES string of the molecule is NC(N)c1cc(OCc2ccccc2)cc(C(F)(F)F)c1. The Morgan fingerprint density at radius 2 is 1.67 bits per heavy atom. The first-order chi connectivity index (χ1) is 9.86. The molecule has 0 aliphatic rings. The maximum atomic E-state index is 12.8. The predicted octanol–water partition coefficient (Wildman–Crippen LogP) is 3.20. The molecule has 0 bridgehead atoms. The molecular weight excluding hydrogens is 281 g/mol. The van der Waals surface area contributed by atoms with Gasteiger partial charge in [0.1, 0.15) is 12.4 Å². The van der Waals surface area contributed by atoms with Crippen LogP contribution in [-0.4, -0.2) is 0 Å². The Bertz CT molecular complexity index is 598. The minimum Gasteiger partial charge on any atom is -0.489 e. The Morgan fingerprint density at radius 3 is 2.24 bits per heavy atom. The van der Waals surface area contributed by atoms with E-state index < -0.39 is 17.9 Å². The van der Waals surface area contributed by atoms with Crippen molar-refractivity contribution < 1.29 is 17.9 Å². The molecule has 0 aliphatic carbocycles. The number of alkyl halides is 3. The highest BCUT2D eigenvalue weighted by atomic mass is 19.4. The zero-order valence-electron chi connectivity index (χ0n) is 11.1. The minimum atomic E-state index is -4.48. The van der Waals surface area contributed by atoms with Gasteiger partial charge in [-0.05, 0) is 29.3 Å². The van der Waals surface area contributed by atoms with Crippen molar-refractivity contribution in [3.05, 3.63) is 65.2 Å². The van der Waals surface area contributed by atoms with Gasteiger partial charge in [-0.1, -0.05) is 30.3 Å². The first kappa shape index (κ1) is 15.3. The van der Waals surface area contributed by atoms with Crippen LogP contribution in [0.1, 0.15) is 22.9 Å². The van der Waals surface area contributed by atoms with Crippen molar-refractivity contribution in [2.24, 2.45) is 11.5 Å². The largest absolute Gasteiger partial charge is 0.489 e. The molecule has 0 unspecified atom stereocenters. The van der Waals surface area contributed by atoms with Crippen LogP contribution >= 0.6 is 0 Å². The molecule has 4 N–H and O–H groups in total. The summed E-state index contributed by atoms with van der Waals surface area (Å²) in [7, 11) is 0. The van der Waals surface area contributed by atoms with E-state index in [0.29, 0.717) is 0 Å². The van der Waals surface area contributed by atoms with Crippen LogP contribution in [0.2, 0.25) is 0 Å². The summed E-state index contributed by atoms with van der Waals surface area (Å²) >= 11 is 0. The summed E-state index contributed by atoms with van der Waals surface area (Å²) < 4.78 is 43.9.